The molecule has 1 heterocycles. The molecular weight excluding hydrogens is 348 g/mol. The number of anilines is 1. The van der Waals surface area contributed by atoms with Gasteiger partial charge in [0.05, 0.1) is 18.7 Å². The van der Waals surface area contributed by atoms with Crippen molar-refractivity contribution in [2.75, 3.05) is 19.0 Å². The molecule has 0 unspecified atom stereocenters. The average molecular weight is 369 g/mol. The van der Waals surface area contributed by atoms with Gasteiger partial charge in [-0.3, -0.25) is 10.1 Å². The molecule has 1 N–H and O–H groups in total. The van der Waals surface area contributed by atoms with E-state index in [1.54, 1.807) is 7.11 Å². The Bertz CT molecular complexity index is 710. The van der Waals surface area contributed by atoms with Crippen LogP contribution in [0.25, 0.3) is 0 Å². The summed E-state index contributed by atoms with van der Waals surface area (Å²) in [4.78, 5) is 16.2. The molecule has 0 atom stereocenters. The summed E-state index contributed by atoms with van der Waals surface area (Å²) in [5.41, 5.74) is 1.58. The molecule has 0 bridgehead atoms. The van der Waals surface area contributed by atoms with Gasteiger partial charge in [0.25, 0.3) is 5.91 Å². The van der Waals surface area contributed by atoms with E-state index in [4.69, 9.17) is 21.1 Å². The fourth-order valence-corrected chi connectivity index (χ4v) is 3.03. The molecule has 5 nitrogen and oxygen atoms in total. The number of rotatable bonds is 6. The molecule has 2 rings (SSSR count). The Kier molecular flexibility index (Phi) is 6.07. The van der Waals surface area contributed by atoms with E-state index >= 15 is 0 Å². The fraction of sp³-hybridized carbons (Fsp3) is 0.412. The number of benzene rings is 1. The summed E-state index contributed by atoms with van der Waals surface area (Å²) in [6, 6.07) is 5.57. The van der Waals surface area contributed by atoms with Gasteiger partial charge < -0.3 is 9.47 Å². The zero-order valence-electron chi connectivity index (χ0n) is 14.2. The van der Waals surface area contributed by atoms with E-state index in [2.05, 4.69) is 31.1 Å². The summed E-state index contributed by atoms with van der Waals surface area (Å²) in [6.07, 6.45) is 0. The van der Waals surface area contributed by atoms with Gasteiger partial charge in [0.15, 0.2) is 11.7 Å². The zero-order valence-corrected chi connectivity index (χ0v) is 15.8. The Morgan fingerprint density at radius 2 is 2.12 bits per heavy atom. The van der Waals surface area contributed by atoms with Gasteiger partial charge in [-0.05, 0) is 23.6 Å². The standard InChI is InChI=1S/C17H21ClN2O3S/c1-17(2,3)13-7-12(22-4)5-6-14(13)23-9-15(21)20-16-19-11(8-18)10-24-16/h5-7,10H,8-9H2,1-4H3,(H,19,20,21). The van der Waals surface area contributed by atoms with E-state index in [9.17, 15) is 4.79 Å². The topological polar surface area (TPSA) is 60.5 Å². The number of aromatic nitrogens is 1. The largest absolute Gasteiger partial charge is 0.497 e. The monoisotopic (exact) mass is 368 g/mol. The molecule has 24 heavy (non-hydrogen) atoms. The minimum atomic E-state index is -0.263. The molecular formula is C17H21ClN2O3S. The highest BCUT2D eigenvalue weighted by molar-refractivity contribution is 7.13. The summed E-state index contributed by atoms with van der Waals surface area (Å²) in [6.45, 7) is 6.15. The van der Waals surface area contributed by atoms with E-state index in [1.165, 1.54) is 11.3 Å². The van der Waals surface area contributed by atoms with E-state index < -0.39 is 0 Å². The third kappa shape index (κ3) is 4.85. The lowest BCUT2D eigenvalue weighted by molar-refractivity contribution is -0.118. The summed E-state index contributed by atoms with van der Waals surface area (Å²) >= 11 is 7.04. The third-order valence-electron chi connectivity index (χ3n) is 3.29. The predicted octanol–water partition coefficient (Wildman–Crippen LogP) is 4.21. The molecule has 1 amide bonds. The normalized spacial score (nSPS) is 11.2. The Labute approximate surface area is 151 Å². The van der Waals surface area contributed by atoms with Crippen molar-refractivity contribution in [3.63, 3.8) is 0 Å². The van der Waals surface area contributed by atoms with Crippen LogP contribution in [0, 0.1) is 0 Å². The van der Waals surface area contributed by atoms with E-state index in [0.717, 1.165) is 17.0 Å². The van der Waals surface area contributed by atoms with Crippen LogP contribution in [0.4, 0.5) is 5.13 Å². The maximum absolute atomic E-state index is 12.0. The summed E-state index contributed by atoms with van der Waals surface area (Å²) in [5.74, 6) is 1.48. The van der Waals surface area contributed by atoms with Crippen LogP contribution in [0.5, 0.6) is 11.5 Å². The summed E-state index contributed by atoms with van der Waals surface area (Å²) in [5, 5.41) is 5.04. The maximum atomic E-state index is 12.0. The second-order valence-corrected chi connectivity index (χ2v) is 7.35. The van der Waals surface area contributed by atoms with Crippen molar-refractivity contribution in [3.8, 4) is 11.5 Å². The van der Waals surface area contributed by atoms with E-state index in [0.29, 0.717) is 16.8 Å². The molecule has 1 aromatic heterocycles. The van der Waals surface area contributed by atoms with Crippen LogP contribution in [0.15, 0.2) is 23.6 Å². The minimum Gasteiger partial charge on any atom is -0.497 e. The van der Waals surface area contributed by atoms with Crippen molar-refractivity contribution in [2.24, 2.45) is 0 Å². The number of carbonyl (C=O) groups is 1. The molecule has 0 saturated heterocycles. The molecule has 0 aliphatic heterocycles. The summed E-state index contributed by atoms with van der Waals surface area (Å²) < 4.78 is 11.0. The Balaban J connectivity index is 2.04. The number of hydrogen-bond acceptors (Lipinski definition) is 5. The van der Waals surface area contributed by atoms with Crippen molar-refractivity contribution < 1.29 is 14.3 Å². The van der Waals surface area contributed by atoms with Crippen molar-refractivity contribution in [2.45, 2.75) is 32.1 Å². The molecule has 0 spiro atoms. The molecule has 130 valence electrons. The molecule has 0 aliphatic rings. The first-order valence-electron chi connectivity index (χ1n) is 7.45. The highest BCUT2D eigenvalue weighted by atomic mass is 35.5. The number of alkyl halides is 1. The van der Waals surface area contributed by atoms with Crippen LogP contribution in [0.2, 0.25) is 0 Å². The zero-order chi connectivity index (χ0) is 17.7. The van der Waals surface area contributed by atoms with E-state index in [1.807, 2.05) is 23.6 Å². The molecule has 7 heteroatoms. The molecule has 1 aromatic carbocycles. The SMILES string of the molecule is COc1ccc(OCC(=O)Nc2nc(CCl)cs2)c(C(C)(C)C)c1. The first kappa shape index (κ1) is 18.5. The number of thiazole rings is 1. The predicted molar refractivity (Wildman–Crippen MR) is 97.5 cm³/mol. The number of ether oxygens (including phenoxy) is 2. The van der Waals surface area contributed by atoms with Gasteiger partial charge in [-0.15, -0.1) is 22.9 Å². The number of amides is 1. The first-order chi connectivity index (χ1) is 11.3. The van der Waals surface area contributed by atoms with Gasteiger partial charge in [-0.1, -0.05) is 20.8 Å². The second kappa shape index (κ2) is 7.85. The molecule has 0 fully saturated rings. The second-order valence-electron chi connectivity index (χ2n) is 6.23. The smallest absolute Gasteiger partial charge is 0.264 e. The lowest BCUT2D eigenvalue weighted by Crippen LogP contribution is -2.22. The summed E-state index contributed by atoms with van der Waals surface area (Å²) in [7, 11) is 1.62. The molecule has 0 radical (unpaired) electrons. The van der Waals surface area contributed by atoms with Gasteiger partial charge in [0, 0.05) is 10.9 Å². The highest BCUT2D eigenvalue weighted by Gasteiger charge is 2.20. The van der Waals surface area contributed by atoms with Crippen molar-refractivity contribution in [1.82, 2.24) is 4.98 Å². The van der Waals surface area contributed by atoms with Crippen LogP contribution in [0.1, 0.15) is 32.0 Å². The van der Waals surface area contributed by atoms with Crippen LogP contribution < -0.4 is 14.8 Å². The van der Waals surface area contributed by atoms with Gasteiger partial charge in [0.1, 0.15) is 11.5 Å². The van der Waals surface area contributed by atoms with Crippen LogP contribution in [-0.4, -0.2) is 24.6 Å². The van der Waals surface area contributed by atoms with Gasteiger partial charge >= 0.3 is 0 Å². The van der Waals surface area contributed by atoms with Crippen LogP contribution >= 0.6 is 22.9 Å². The Hall–Kier alpha value is -1.79. The minimum absolute atomic E-state index is 0.0921. The highest BCUT2D eigenvalue weighted by Crippen LogP contribution is 2.34. The van der Waals surface area contributed by atoms with Gasteiger partial charge in [0.2, 0.25) is 0 Å². The number of carbonyl (C=O) groups excluding carboxylic acids is 1. The van der Waals surface area contributed by atoms with Gasteiger partial charge in [-0.2, -0.15) is 0 Å². The van der Waals surface area contributed by atoms with Crippen molar-refractivity contribution in [3.05, 3.63) is 34.8 Å². The maximum Gasteiger partial charge on any atom is 0.264 e. The quantitative estimate of drug-likeness (QED) is 0.776. The van der Waals surface area contributed by atoms with Crippen molar-refractivity contribution >= 4 is 34.0 Å². The molecule has 0 saturated carbocycles. The number of halogens is 1. The fourth-order valence-electron chi connectivity index (χ4n) is 2.07. The molecule has 0 aliphatic carbocycles. The molecule has 2 aromatic rings. The van der Waals surface area contributed by atoms with Crippen LogP contribution in [0.3, 0.4) is 0 Å². The number of nitrogens with zero attached hydrogens (tertiary/aromatic N) is 1. The lowest BCUT2D eigenvalue weighted by atomic mass is 9.86. The Morgan fingerprint density at radius 3 is 2.71 bits per heavy atom. The number of hydrogen-bond donors (Lipinski definition) is 1. The number of nitrogens with one attached hydrogen (secondary N) is 1. The third-order valence-corrected chi connectivity index (χ3v) is 4.37. The Morgan fingerprint density at radius 1 is 1.38 bits per heavy atom. The number of methoxy groups -OCH3 is 1. The van der Waals surface area contributed by atoms with E-state index in [-0.39, 0.29) is 17.9 Å². The lowest BCUT2D eigenvalue weighted by Gasteiger charge is -2.23. The van der Waals surface area contributed by atoms with Gasteiger partial charge in [-0.25, -0.2) is 4.98 Å². The van der Waals surface area contributed by atoms with Crippen LogP contribution in [-0.2, 0) is 16.1 Å². The van der Waals surface area contributed by atoms with Crippen molar-refractivity contribution in [1.29, 1.82) is 0 Å². The first-order valence-corrected chi connectivity index (χ1v) is 8.86. The average Bonchev–Trinajstić information content (AvgIpc) is 2.99.